The summed E-state index contributed by atoms with van der Waals surface area (Å²) in [6.07, 6.45) is 0.719. The molecule has 0 radical (unpaired) electrons. The number of hydrogen-bond donors (Lipinski definition) is 0. The third-order valence-electron chi connectivity index (χ3n) is 0.436. The van der Waals surface area contributed by atoms with E-state index in [2.05, 4.69) is 4.18 Å². The second-order valence-corrected chi connectivity index (χ2v) is 5.16. The van der Waals surface area contributed by atoms with Crippen LogP contribution in [0.3, 0.4) is 0 Å². The van der Waals surface area contributed by atoms with Gasteiger partial charge >= 0.3 is 56.0 Å². The van der Waals surface area contributed by atoms with Crippen molar-refractivity contribution in [2.24, 2.45) is 0 Å². The summed E-state index contributed by atoms with van der Waals surface area (Å²) in [6, 6.07) is 0. The molecule has 0 rings (SSSR count). The molecule has 0 N–H and O–H groups in total. The Morgan fingerprint density at radius 2 is 2.12 bits per heavy atom. The maximum atomic E-state index is 10.1. The van der Waals surface area contributed by atoms with Crippen molar-refractivity contribution in [3.63, 3.8) is 0 Å². The van der Waals surface area contributed by atoms with E-state index in [4.69, 9.17) is 0 Å². The van der Waals surface area contributed by atoms with Gasteiger partial charge in [0, 0.05) is 0 Å². The SMILES string of the molecule is CCCOS(=O)(=O)[SeH]. The van der Waals surface area contributed by atoms with Gasteiger partial charge in [-0.3, -0.25) is 0 Å². The van der Waals surface area contributed by atoms with E-state index in [0.717, 1.165) is 6.42 Å². The van der Waals surface area contributed by atoms with Gasteiger partial charge in [0.05, 0.1) is 0 Å². The average molecular weight is 203 g/mol. The van der Waals surface area contributed by atoms with Crippen molar-refractivity contribution in [1.82, 2.24) is 0 Å². The minimum absolute atomic E-state index is 0.275. The Kier molecular flexibility index (Phi) is 3.64. The van der Waals surface area contributed by atoms with Gasteiger partial charge in [0.2, 0.25) is 0 Å². The fourth-order valence-electron chi connectivity index (χ4n) is 0.189. The van der Waals surface area contributed by atoms with Crippen molar-refractivity contribution < 1.29 is 12.6 Å². The molecule has 0 atom stereocenters. The molecule has 0 spiro atoms. The molecule has 0 saturated heterocycles. The van der Waals surface area contributed by atoms with Crippen LogP contribution in [0.25, 0.3) is 0 Å². The van der Waals surface area contributed by atoms with Crippen molar-refractivity contribution in [2.75, 3.05) is 6.61 Å². The van der Waals surface area contributed by atoms with Gasteiger partial charge < -0.3 is 0 Å². The predicted octanol–water partition coefficient (Wildman–Crippen LogP) is -0.441. The maximum absolute atomic E-state index is 10.1. The summed E-state index contributed by atoms with van der Waals surface area (Å²) in [4.78, 5) is 0. The monoisotopic (exact) mass is 204 g/mol. The molecule has 0 fully saturated rings. The molecular weight excluding hydrogens is 195 g/mol. The summed E-state index contributed by atoms with van der Waals surface area (Å²) in [5.74, 6) is 0. The molecule has 0 unspecified atom stereocenters. The van der Waals surface area contributed by atoms with E-state index in [1.54, 1.807) is 0 Å². The summed E-state index contributed by atoms with van der Waals surface area (Å²) in [5.41, 5.74) is 0. The molecular formula is C3H8O3SSe. The van der Waals surface area contributed by atoms with E-state index in [0.29, 0.717) is 0 Å². The van der Waals surface area contributed by atoms with Crippen LogP contribution in [0, 0.1) is 0 Å². The minimum atomic E-state index is -3.25. The third kappa shape index (κ3) is 6.43. The van der Waals surface area contributed by atoms with Crippen molar-refractivity contribution >= 4 is 23.4 Å². The zero-order chi connectivity index (χ0) is 6.62. The van der Waals surface area contributed by atoms with Crippen molar-refractivity contribution in [2.45, 2.75) is 13.3 Å². The van der Waals surface area contributed by atoms with Gasteiger partial charge in [0.15, 0.2) is 0 Å². The summed E-state index contributed by atoms with van der Waals surface area (Å²) in [7, 11) is -3.25. The average Bonchev–Trinajstić information content (AvgIpc) is 1.59. The molecule has 3 nitrogen and oxygen atoms in total. The van der Waals surface area contributed by atoms with E-state index in [1.807, 2.05) is 6.92 Å². The second kappa shape index (κ2) is 3.45. The van der Waals surface area contributed by atoms with Crippen LogP contribution in [0.5, 0.6) is 0 Å². The van der Waals surface area contributed by atoms with Crippen molar-refractivity contribution in [1.29, 1.82) is 0 Å². The first-order valence-corrected chi connectivity index (χ1v) is 5.84. The normalized spacial score (nSPS) is 11.8. The van der Waals surface area contributed by atoms with Crippen LogP contribution in [0.1, 0.15) is 13.3 Å². The standard InChI is InChI=1S/C3H8O3SSe/c1-2-3-6-7(4,5)8/h2-3H2,1H3,(H,4,5,8). The molecule has 0 bridgehead atoms. The molecule has 0 aliphatic rings. The van der Waals surface area contributed by atoms with E-state index < -0.39 is 8.54 Å². The Morgan fingerprint density at radius 1 is 1.62 bits per heavy atom. The molecule has 0 amide bonds. The van der Waals surface area contributed by atoms with Gasteiger partial charge in [0.25, 0.3) is 0 Å². The molecule has 0 aliphatic carbocycles. The summed E-state index contributed by atoms with van der Waals surface area (Å²) >= 11 is 1.47. The quantitative estimate of drug-likeness (QED) is 0.584. The van der Waals surface area contributed by atoms with Crippen molar-refractivity contribution in [3.05, 3.63) is 0 Å². The molecule has 0 aromatic heterocycles. The molecule has 8 heavy (non-hydrogen) atoms. The molecule has 5 heteroatoms. The topological polar surface area (TPSA) is 43.4 Å². The number of rotatable bonds is 3. The van der Waals surface area contributed by atoms with Crippen LogP contribution < -0.4 is 0 Å². The molecule has 0 saturated carbocycles. The fourth-order valence-corrected chi connectivity index (χ4v) is 1.04. The molecule has 0 aliphatic heterocycles. The van der Waals surface area contributed by atoms with Gasteiger partial charge in [-0.05, 0) is 0 Å². The van der Waals surface area contributed by atoms with Gasteiger partial charge in [-0.1, -0.05) is 0 Å². The third-order valence-corrected chi connectivity index (χ3v) is 1.56. The van der Waals surface area contributed by atoms with Crippen LogP contribution in [-0.2, 0) is 12.7 Å². The van der Waals surface area contributed by atoms with Crippen molar-refractivity contribution in [3.8, 4) is 0 Å². The van der Waals surface area contributed by atoms with Crippen LogP contribution in [0.2, 0.25) is 0 Å². The predicted molar refractivity (Wildman–Crippen MR) is 32.3 cm³/mol. The zero-order valence-corrected chi connectivity index (χ0v) is 7.19. The molecule has 0 heterocycles. The van der Waals surface area contributed by atoms with Crippen LogP contribution >= 0.6 is 0 Å². The Hall–Kier alpha value is 0.429. The van der Waals surface area contributed by atoms with Gasteiger partial charge in [-0.15, -0.1) is 0 Å². The first-order chi connectivity index (χ1) is 3.56. The van der Waals surface area contributed by atoms with E-state index in [9.17, 15) is 8.42 Å². The molecule has 0 aromatic carbocycles. The molecule has 50 valence electrons. The van der Waals surface area contributed by atoms with Crippen LogP contribution in [0.4, 0.5) is 0 Å². The van der Waals surface area contributed by atoms with Gasteiger partial charge in [-0.25, -0.2) is 0 Å². The second-order valence-electron chi connectivity index (χ2n) is 1.25. The first-order valence-electron chi connectivity index (χ1n) is 2.18. The number of hydrogen-bond acceptors (Lipinski definition) is 3. The summed E-state index contributed by atoms with van der Waals surface area (Å²) in [6.45, 7) is 2.12. The summed E-state index contributed by atoms with van der Waals surface area (Å²) < 4.78 is 24.6. The van der Waals surface area contributed by atoms with Gasteiger partial charge in [-0.2, -0.15) is 0 Å². The molecule has 0 aromatic rings. The Bertz CT molecular complexity index is 139. The Balaban J connectivity index is 3.42. The van der Waals surface area contributed by atoms with Crippen LogP contribution in [-0.4, -0.2) is 29.9 Å². The first kappa shape index (κ1) is 8.43. The van der Waals surface area contributed by atoms with Gasteiger partial charge in [0.1, 0.15) is 0 Å². The summed E-state index contributed by atoms with van der Waals surface area (Å²) in [5, 5.41) is 0. The fraction of sp³-hybridized carbons (Fsp3) is 1.00. The Morgan fingerprint density at radius 3 is 2.25 bits per heavy atom. The van der Waals surface area contributed by atoms with E-state index >= 15 is 0 Å². The zero-order valence-electron chi connectivity index (χ0n) is 4.49. The van der Waals surface area contributed by atoms with Crippen LogP contribution in [0.15, 0.2) is 0 Å². The van der Waals surface area contributed by atoms with E-state index in [1.165, 1.54) is 14.9 Å². The van der Waals surface area contributed by atoms with E-state index in [-0.39, 0.29) is 6.61 Å². The Labute approximate surface area is 56.4 Å².